The van der Waals surface area contributed by atoms with E-state index in [0.29, 0.717) is 28.4 Å². The van der Waals surface area contributed by atoms with Crippen LogP contribution in [-0.2, 0) is 4.74 Å². The number of anilines is 1. The van der Waals surface area contributed by atoms with Crippen LogP contribution in [0.15, 0.2) is 42.5 Å². The lowest BCUT2D eigenvalue weighted by atomic mass is 9.94. The van der Waals surface area contributed by atoms with Crippen molar-refractivity contribution >= 4 is 23.4 Å². The van der Waals surface area contributed by atoms with Gasteiger partial charge in [-0.2, -0.15) is 0 Å². The average Bonchev–Trinajstić information content (AvgIpc) is 2.57. The standard InChI is InChI=1S/C21H27ClN2O3/c1-13(12-24-20(26)27-21(2,3)4)14-8-9-17(18(23)11-14)19(25)15-6-5-7-16(22)10-15/h5-11,13,19,25H,12,23H2,1-4H3,(H,24,26). The van der Waals surface area contributed by atoms with Gasteiger partial charge in [-0.15, -0.1) is 0 Å². The molecule has 0 bridgehead atoms. The molecule has 2 rings (SSSR count). The zero-order valence-electron chi connectivity index (χ0n) is 16.1. The molecule has 2 unspecified atom stereocenters. The van der Waals surface area contributed by atoms with Gasteiger partial charge in [-0.25, -0.2) is 4.79 Å². The number of amides is 1. The first-order chi connectivity index (χ1) is 12.6. The van der Waals surface area contributed by atoms with Crippen LogP contribution in [-0.4, -0.2) is 23.3 Å². The first-order valence-electron chi connectivity index (χ1n) is 8.86. The summed E-state index contributed by atoms with van der Waals surface area (Å²) < 4.78 is 5.24. The van der Waals surface area contributed by atoms with E-state index in [4.69, 9.17) is 22.1 Å². The van der Waals surface area contributed by atoms with Crippen molar-refractivity contribution in [1.82, 2.24) is 5.32 Å². The molecular formula is C21H27ClN2O3. The number of nitrogen functional groups attached to an aromatic ring is 1. The number of carbonyl (C=O) groups excluding carboxylic acids is 1. The SMILES string of the molecule is CC(CNC(=O)OC(C)(C)C)c1ccc(C(O)c2cccc(Cl)c2)c(N)c1. The van der Waals surface area contributed by atoms with Gasteiger partial charge in [0.15, 0.2) is 0 Å². The maximum Gasteiger partial charge on any atom is 0.407 e. The second kappa shape index (κ2) is 8.63. The monoisotopic (exact) mass is 390 g/mol. The van der Waals surface area contributed by atoms with Crippen molar-refractivity contribution in [3.63, 3.8) is 0 Å². The quantitative estimate of drug-likeness (QED) is 0.649. The highest BCUT2D eigenvalue weighted by atomic mass is 35.5. The number of hydrogen-bond donors (Lipinski definition) is 3. The van der Waals surface area contributed by atoms with Crippen LogP contribution in [0.1, 0.15) is 56.4 Å². The maximum absolute atomic E-state index is 11.8. The zero-order chi connectivity index (χ0) is 20.2. The van der Waals surface area contributed by atoms with E-state index in [-0.39, 0.29) is 5.92 Å². The number of aliphatic hydroxyl groups is 1. The Hall–Kier alpha value is -2.24. The number of halogens is 1. The molecule has 0 aliphatic heterocycles. The highest BCUT2D eigenvalue weighted by Crippen LogP contribution is 2.30. The van der Waals surface area contributed by atoms with Gasteiger partial charge in [0.05, 0.1) is 0 Å². The van der Waals surface area contributed by atoms with E-state index in [0.717, 1.165) is 5.56 Å². The van der Waals surface area contributed by atoms with E-state index in [9.17, 15) is 9.90 Å². The van der Waals surface area contributed by atoms with E-state index < -0.39 is 17.8 Å². The Kier molecular flexibility index (Phi) is 6.73. The van der Waals surface area contributed by atoms with Gasteiger partial charge in [0, 0.05) is 22.8 Å². The fraction of sp³-hybridized carbons (Fsp3) is 0.381. The van der Waals surface area contributed by atoms with Gasteiger partial charge in [0.1, 0.15) is 11.7 Å². The third kappa shape index (κ3) is 6.15. The summed E-state index contributed by atoms with van der Waals surface area (Å²) in [4.78, 5) is 11.8. The van der Waals surface area contributed by atoms with Crippen LogP contribution < -0.4 is 11.1 Å². The highest BCUT2D eigenvalue weighted by molar-refractivity contribution is 6.30. The fourth-order valence-electron chi connectivity index (χ4n) is 2.67. The predicted molar refractivity (Wildman–Crippen MR) is 109 cm³/mol. The number of nitrogens with one attached hydrogen (secondary N) is 1. The highest BCUT2D eigenvalue weighted by Gasteiger charge is 2.18. The van der Waals surface area contributed by atoms with Crippen LogP contribution in [0.25, 0.3) is 0 Å². The largest absolute Gasteiger partial charge is 0.444 e. The van der Waals surface area contributed by atoms with Gasteiger partial charge >= 0.3 is 6.09 Å². The minimum Gasteiger partial charge on any atom is -0.444 e. The van der Waals surface area contributed by atoms with Crippen LogP contribution in [0.3, 0.4) is 0 Å². The number of aliphatic hydroxyl groups excluding tert-OH is 1. The lowest BCUT2D eigenvalue weighted by Gasteiger charge is -2.21. The molecule has 0 aliphatic carbocycles. The van der Waals surface area contributed by atoms with Crippen molar-refractivity contribution < 1.29 is 14.6 Å². The molecule has 0 heterocycles. The van der Waals surface area contributed by atoms with Crippen LogP contribution >= 0.6 is 11.6 Å². The van der Waals surface area contributed by atoms with Crippen molar-refractivity contribution in [2.75, 3.05) is 12.3 Å². The van der Waals surface area contributed by atoms with Crippen LogP contribution in [0.2, 0.25) is 5.02 Å². The van der Waals surface area contributed by atoms with E-state index in [2.05, 4.69) is 5.32 Å². The molecule has 4 N–H and O–H groups in total. The Morgan fingerprint density at radius 1 is 1.22 bits per heavy atom. The Morgan fingerprint density at radius 3 is 2.52 bits per heavy atom. The number of carbonyl (C=O) groups is 1. The molecule has 2 aromatic carbocycles. The van der Waals surface area contributed by atoms with Crippen molar-refractivity contribution in [1.29, 1.82) is 0 Å². The molecule has 2 atom stereocenters. The van der Waals surface area contributed by atoms with Gasteiger partial charge in [-0.3, -0.25) is 0 Å². The van der Waals surface area contributed by atoms with Gasteiger partial charge in [0.2, 0.25) is 0 Å². The Bertz CT molecular complexity index is 802. The summed E-state index contributed by atoms with van der Waals surface area (Å²) in [6.07, 6.45) is -1.30. The molecule has 6 heteroatoms. The molecule has 0 aliphatic rings. The molecule has 2 aromatic rings. The Morgan fingerprint density at radius 2 is 1.93 bits per heavy atom. The second-order valence-corrected chi connectivity index (χ2v) is 8.07. The minimum absolute atomic E-state index is 0.0391. The number of hydrogen-bond acceptors (Lipinski definition) is 4. The van der Waals surface area contributed by atoms with Crippen LogP contribution in [0.4, 0.5) is 10.5 Å². The van der Waals surface area contributed by atoms with E-state index >= 15 is 0 Å². The molecule has 0 aromatic heterocycles. The summed E-state index contributed by atoms with van der Waals surface area (Å²) >= 11 is 6.00. The summed E-state index contributed by atoms with van der Waals surface area (Å²) in [5.74, 6) is 0.0391. The van der Waals surface area contributed by atoms with E-state index in [1.54, 1.807) is 30.3 Å². The third-order valence-electron chi connectivity index (χ3n) is 4.09. The maximum atomic E-state index is 11.8. The van der Waals surface area contributed by atoms with Gasteiger partial charge in [-0.05, 0) is 56.0 Å². The fourth-order valence-corrected chi connectivity index (χ4v) is 2.87. The second-order valence-electron chi connectivity index (χ2n) is 7.63. The molecule has 1 amide bonds. The van der Waals surface area contributed by atoms with Crippen molar-refractivity contribution in [3.8, 4) is 0 Å². The molecule has 146 valence electrons. The first-order valence-corrected chi connectivity index (χ1v) is 9.24. The van der Waals surface area contributed by atoms with Crippen molar-refractivity contribution in [3.05, 3.63) is 64.2 Å². The molecular weight excluding hydrogens is 364 g/mol. The average molecular weight is 391 g/mol. The van der Waals surface area contributed by atoms with Crippen molar-refractivity contribution in [2.24, 2.45) is 0 Å². The van der Waals surface area contributed by atoms with Crippen LogP contribution in [0.5, 0.6) is 0 Å². The van der Waals surface area contributed by atoms with E-state index in [1.807, 2.05) is 39.8 Å². The van der Waals surface area contributed by atoms with E-state index in [1.165, 1.54) is 0 Å². The Labute approximate surface area is 165 Å². The summed E-state index contributed by atoms with van der Waals surface area (Å²) in [7, 11) is 0. The molecule has 0 fully saturated rings. The lowest BCUT2D eigenvalue weighted by Crippen LogP contribution is -2.34. The summed E-state index contributed by atoms with van der Waals surface area (Å²) in [5.41, 5.74) is 8.39. The smallest absolute Gasteiger partial charge is 0.407 e. The topological polar surface area (TPSA) is 84.6 Å². The molecule has 0 spiro atoms. The summed E-state index contributed by atoms with van der Waals surface area (Å²) in [6, 6.07) is 12.6. The normalized spacial score (nSPS) is 13.7. The number of benzene rings is 2. The van der Waals surface area contributed by atoms with Crippen molar-refractivity contribution in [2.45, 2.75) is 45.3 Å². The van der Waals surface area contributed by atoms with Gasteiger partial charge in [0.25, 0.3) is 0 Å². The molecule has 0 saturated heterocycles. The predicted octanol–water partition coefficient (Wildman–Crippen LogP) is 4.63. The molecule has 5 nitrogen and oxygen atoms in total. The minimum atomic E-state index is -0.854. The lowest BCUT2D eigenvalue weighted by molar-refractivity contribution is 0.0525. The number of ether oxygens (including phenoxy) is 1. The van der Waals surface area contributed by atoms with Gasteiger partial charge < -0.3 is 20.9 Å². The summed E-state index contributed by atoms with van der Waals surface area (Å²) in [6.45, 7) is 7.87. The number of alkyl carbamates (subject to hydrolysis) is 1. The first kappa shape index (κ1) is 21.1. The third-order valence-corrected chi connectivity index (χ3v) is 4.33. The molecule has 0 radical (unpaired) electrons. The van der Waals surface area contributed by atoms with Crippen LogP contribution in [0, 0.1) is 0 Å². The summed E-state index contributed by atoms with van der Waals surface area (Å²) in [5, 5.41) is 13.9. The Balaban J connectivity index is 2.06. The zero-order valence-corrected chi connectivity index (χ0v) is 16.9. The number of nitrogens with two attached hydrogens (primary N) is 1. The number of rotatable bonds is 5. The molecule has 0 saturated carbocycles. The van der Waals surface area contributed by atoms with Gasteiger partial charge in [-0.1, -0.05) is 42.8 Å². The molecule has 27 heavy (non-hydrogen) atoms.